The molecule has 0 unspecified atom stereocenters. The van der Waals surface area contributed by atoms with Crippen LogP contribution in [0, 0.1) is 11.8 Å². The molecule has 5 rings (SSSR count). The van der Waals surface area contributed by atoms with E-state index in [1.807, 2.05) is 4.90 Å². The van der Waals surface area contributed by atoms with Crippen molar-refractivity contribution in [2.45, 2.75) is 50.2 Å². The fraction of sp³-hybridized carbons (Fsp3) is 0.789. The molecule has 0 aromatic carbocycles. The fourth-order valence-electron chi connectivity index (χ4n) is 5.63. The van der Waals surface area contributed by atoms with Crippen LogP contribution in [0.4, 0.5) is 0 Å². The largest absolute Gasteiger partial charge is 0.396 e. The van der Waals surface area contributed by atoms with Crippen molar-refractivity contribution < 1.29 is 14.6 Å². The summed E-state index contributed by atoms with van der Waals surface area (Å²) in [5.74, 6) is 0.569. The number of nitrogens with zero attached hydrogens (tertiary/aromatic N) is 2. The summed E-state index contributed by atoms with van der Waals surface area (Å²) in [6, 6.07) is 0. The molecule has 9 heteroatoms. The van der Waals surface area contributed by atoms with Crippen molar-refractivity contribution >= 4 is 30.7 Å². The van der Waals surface area contributed by atoms with E-state index in [2.05, 4.69) is 15.5 Å². The van der Waals surface area contributed by atoms with E-state index in [1.54, 1.807) is 0 Å². The zero-order chi connectivity index (χ0) is 17.7. The third kappa shape index (κ3) is 3.45. The molecular formula is C19H30Cl2N4O3. The van der Waals surface area contributed by atoms with E-state index >= 15 is 0 Å². The quantitative estimate of drug-likeness (QED) is 0.656. The van der Waals surface area contributed by atoms with E-state index in [9.17, 15) is 9.90 Å². The summed E-state index contributed by atoms with van der Waals surface area (Å²) >= 11 is 0. The standard InChI is InChI=1S/C19H28N4O3.2ClH/c24-9-13-14-8-23(11-19(14)10-20-7-17(13)26-19)18(25)6-5-16-12-3-1-2-4-15(12)21-22-16;;/h13-14,17,20,24H,1-11H2,(H,21,22);2*1H/t13-,14+,17+,19+;;/m0../s1. The number of ether oxygens (including phenoxy) is 1. The van der Waals surface area contributed by atoms with Crippen LogP contribution in [0.5, 0.6) is 0 Å². The highest BCUT2D eigenvalue weighted by Crippen LogP contribution is 2.47. The topological polar surface area (TPSA) is 90.5 Å². The molecule has 1 aliphatic carbocycles. The first-order chi connectivity index (χ1) is 12.7. The second-order valence-corrected chi connectivity index (χ2v) is 8.41. The van der Waals surface area contributed by atoms with E-state index in [-0.39, 0.29) is 60.9 Å². The van der Waals surface area contributed by atoms with Crippen LogP contribution in [-0.4, -0.2) is 70.6 Å². The van der Waals surface area contributed by atoms with Crippen molar-refractivity contribution in [3.63, 3.8) is 0 Å². The number of hydrogen-bond donors (Lipinski definition) is 3. The summed E-state index contributed by atoms with van der Waals surface area (Å²) in [7, 11) is 0. The number of morpholine rings is 1. The molecule has 1 aromatic heterocycles. The lowest BCUT2D eigenvalue weighted by atomic mass is 9.83. The van der Waals surface area contributed by atoms with Gasteiger partial charge in [0.25, 0.3) is 0 Å². The minimum absolute atomic E-state index is 0. The molecule has 4 aliphatic rings. The summed E-state index contributed by atoms with van der Waals surface area (Å²) in [4.78, 5) is 14.8. The summed E-state index contributed by atoms with van der Waals surface area (Å²) < 4.78 is 6.28. The van der Waals surface area contributed by atoms with Crippen molar-refractivity contribution in [3.8, 4) is 0 Å². The van der Waals surface area contributed by atoms with Crippen molar-refractivity contribution in [1.82, 2.24) is 20.4 Å². The first-order valence-electron chi connectivity index (χ1n) is 10.0. The number of aryl methyl sites for hydroxylation is 2. The lowest BCUT2D eigenvalue weighted by molar-refractivity contribution is -0.133. The van der Waals surface area contributed by atoms with Gasteiger partial charge in [0.15, 0.2) is 0 Å². The molecule has 0 radical (unpaired) electrons. The number of aromatic amines is 1. The molecule has 3 aliphatic heterocycles. The highest BCUT2D eigenvalue weighted by Gasteiger charge is 2.61. The maximum atomic E-state index is 12.8. The van der Waals surface area contributed by atoms with Crippen LogP contribution in [-0.2, 0) is 28.8 Å². The van der Waals surface area contributed by atoms with Gasteiger partial charge in [-0.15, -0.1) is 24.8 Å². The number of nitrogens with one attached hydrogen (secondary N) is 2. The van der Waals surface area contributed by atoms with Crippen molar-refractivity contribution in [3.05, 3.63) is 17.0 Å². The number of hydrogen-bond acceptors (Lipinski definition) is 5. The van der Waals surface area contributed by atoms with Gasteiger partial charge in [0.1, 0.15) is 5.60 Å². The van der Waals surface area contributed by atoms with Gasteiger partial charge in [-0.25, -0.2) is 0 Å². The fourth-order valence-corrected chi connectivity index (χ4v) is 5.63. The zero-order valence-electron chi connectivity index (χ0n) is 16.0. The Morgan fingerprint density at radius 1 is 1.32 bits per heavy atom. The molecule has 4 heterocycles. The number of halogens is 2. The molecule has 1 amide bonds. The van der Waals surface area contributed by atoms with Gasteiger partial charge >= 0.3 is 0 Å². The van der Waals surface area contributed by atoms with E-state index in [1.165, 1.54) is 24.1 Å². The van der Waals surface area contributed by atoms with Gasteiger partial charge in [-0.1, -0.05) is 0 Å². The molecule has 158 valence electrons. The number of carbonyl (C=O) groups is 1. The minimum Gasteiger partial charge on any atom is -0.396 e. The van der Waals surface area contributed by atoms with Gasteiger partial charge in [0.2, 0.25) is 5.91 Å². The summed E-state index contributed by atoms with van der Waals surface area (Å²) in [6.45, 7) is 3.08. The third-order valence-corrected chi connectivity index (χ3v) is 6.98. The Kier molecular flexibility index (Phi) is 6.61. The lowest BCUT2D eigenvalue weighted by Crippen LogP contribution is -2.52. The third-order valence-electron chi connectivity index (χ3n) is 6.98. The normalized spacial score (nSPS) is 32.9. The maximum absolute atomic E-state index is 12.8. The number of amides is 1. The Labute approximate surface area is 177 Å². The van der Waals surface area contributed by atoms with Gasteiger partial charge in [0.05, 0.1) is 18.3 Å². The predicted octanol–water partition coefficient (Wildman–Crippen LogP) is 0.872. The molecule has 2 bridgehead atoms. The second kappa shape index (κ2) is 8.48. The van der Waals surface area contributed by atoms with Crippen LogP contribution in [0.1, 0.15) is 36.2 Å². The SMILES string of the molecule is Cl.Cl.O=C(CCc1n[nH]c2c1CCCC2)N1C[C@@H]2[C@H](CO)[C@H]3CNC[C@]2(C1)O3. The summed E-state index contributed by atoms with van der Waals surface area (Å²) in [5.41, 5.74) is 3.41. The van der Waals surface area contributed by atoms with Gasteiger partial charge in [-0.3, -0.25) is 9.89 Å². The number of aliphatic hydroxyl groups excluding tert-OH is 1. The van der Waals surface area contributed by atoms with Crippen LogP contribution in [0.25, 0.3) is 0 Å². The average molecular weight is 433 g/mol. The predicted molar refractivity (Wildman–Crippen MR) is 109 cm³/mol. The molecule has 4 atom stereocenters. The summed E-state index contributed by atoms with van der Waals surface area (Å²) in [6.07, 6.45) is 5.92. The summed E-state index contributed by atoms with van der Waals surface area (Å²) in [5, 5.41) is 20.9. The number of carbonyl (C=O) groups excluding carboxylic acids is 1. The number of fused-ring (bicyclic) bond motifs is 2. The van der Waals surface area contributed by atoms with Crippen molar-refractivity contribution in [2.24, 2.45) is 11.8 Å². The van der Waals surface area contributed by atoms with Crippen molar-refractivity contribution in [1.29, 1.82) is 0 Å². The number of aliphatic hydroxyl groups is 1. The first-order valence-corrected chi connectivity index (χ1v) is 10.0. The number of H-pyrrole nitrogens is 1. The van der Waals surface area contributed by atoms with Crippen LogP contribution in [0.15, 0.2) is 0 Å². The Hall–Kier alpha value is -0.860. The smallest absolute Gasteiger partial charge is 0.223 e. The van der Waals surface area contributed by atoms with E-state index < -0.39 is 0 Å². The van der Waals surface area contributed by atoms with E-state index in [0.717, 1.165) is 31.6 Å². The van der Waals surface area contributed by atoms with Gasteiger partial charge in [-0.05, 0) is 31.2 Å². The molecule has 3 N–H and O–H groups in total. The lowest BCUT2D eigenvalue weighted by Gasteiger charge is -2.33. The minimum atomic E-state index is -0.294. The van der Waals surface area contributed by atoms with Crippen LogP contribution >= 0.6 is 24.8 Å². The van der Waals surface area contributed by atoms with E-state index in [4.69, 9.17) is 4.74 Å². The van der Waals surface area contributed by atoms with Crippen LogP contribution in [0.2, 0.25) is 0 Å². The molecule has 1 spiro atoms. The Bertz CT molecular complexity index is 715. The zero-order valence-corrected chi connectivity index (χ0v) is 17.6. The highest BCUT2D eigenvalue weighted by molar-refractivity contribution is 5.85. The van der Waals surface area contributed by atoms with E-state index in [0.29, 0.717) is 25.9 Å². The number of aromatic nitrogens is 2. The van der Waals surface area contributed by atoms with Crippen molar-refractivity contribution in [2.75, 3.05) is 32.8 Å². The maximum Gasteiger partial charge on any atom is 0.223 e. The monoisotopic (exact) mass is 432 g/mol. The highest BCUT2D eigenvalue weighted by atomic mass is 35.5. The van der Waals surface area contributed by atoms with Gasteiger partial charge in [0, 0.05) is 56.6 Å². The molecule has 28 heavy (non-hydrogen) atoms. The molecule has 0 saturated carbocycles. The molecular weight excluding hydrogens is 403 g/mol. The second-order valence-electron chi connectivity index (χ2n) is 8.41. The Morgan fingerprint density at radius 3 is 2.96 bits per heavy atom. The molecule has 3 saturated heterocycles. The Morgan fingerprint density at radius 2 is 2.14 bits per heavy atom. The van der Waals surface area contributed by atoms with Gasteiger partial charge < -0.3 is 20.1 Å². The first kappa shape index (κ1) is 21.8. The molecule has 3 fully saturated rings. The number of likely N-dealkylation sites (tertiary alicyclic amines) is 1. The van der Waals surface area contributed by atoms with Crippen LogP contribution in [0.3, 0.4) is 0 Å². The average Bonchev–Trinajstić information content (AvgIpc) is 3.28. The molecule has 1 aromatic rings. The number of rotatable bonds is 4. The van der Waals surface area contributed by atoms with Crippen LogP contribution < -0.4 is 5.32 Å². The molecule has 7 nitrogen and oxygen atoms in total. The van der Waals surface area contributed by atoms with Gasteiger partial charge in [-0.2, -0.15) is 5.10 Å². The Balaban J connectivity index is 0.00000112.